The number of halogens is 4. The van der Waals surface area contributed by atoms with Gasteiger partial charge in [-0.2, -0.15) is 13.2 Å². The van der Waals surface area contributed by atoms with Crippen molar-refractivity contribution in [2.45, 2.75) is 25.6 Å². The van der Waals surface area contributed by atoms with Crippen molar-refractivity contribution >= 4 is 23.3 Å². The Bertz CT molecular complexity index is 724. The SMILES string of the molecule is Cl.FC(F)(F)c1ccc2c3c1c1c(n3CCO2)CCNCC1. The zero-order valence-electron chi connectivity index (χ0n) is 11.8. The lowest BCUT2D eigenvalue weighted by Crippen LogP contribution is -2.20. The molecule has 0 amide bonds. The number of nitrogens with one attached hydrogen (secondary N) is 1. The molecule has 0 saturated heterocycles. The molecule has 2 aliphatic heterocycles. The van der Waals surface area contributed by atoms with Crippen LogP contribution in [0.3, 0.4) is 0 Å². The van der Waals surface area contributed by atoms with Gasteiger partial charge in [-0.15, -0.1) is 12.4 Å². The van der Waals surface area contributed by atoms with Crippen molar-refractivity contribution in [3.63, 3.8) is 0 Å². The molecular weight excluding hydrogens is 317 g/mol. The molecule has 3 nitrogen and oxygen atoms in total. The first-order valence-corrected chi connectivity index (χ1v) is 7.15. The van der Waals surface area contributed by atoms with Crippen molar-refractivity contribution in [2.24, 2.45) is 0 Å². The van der Waals surface area contributed by atoms with E-state index in [1.807, 2.05) is 4.57 Å². The summed E-state index contributed by atoms with van der Waals surface area (Å²) in [7, 11) is 0. The van der Waals surface area contributed by atoms with Crippen LogP contribution in [0.5, 0.6) is 5.75 Å². The highest BCUT2D eigenvalue weighted by atomic mass is 35.5. The second-order valence-electron chi connectivity index (χ2n) is 5.51. The molecule has 1 aromatic carbocycles. The van der Waals surface area contributed by atoms with Gasteiger partial charge in [-0.1, -0.05) is 0 Å². The van der Waals surface area contributed by atoms with Crippen molar-refractivity contribution in [1.82, 2.24) is 9.88 Å². The van der Waals surface area contributed by atoms with Gasteiger partial charge < -0.3 is 14.6 Å². The molecule has 0 bridgehead atoms. The molecule has 3 heterocycles. The first kappa shape index (κ1) is 15.5. The van der Waals surface area contributed by atoms with E-state index < -0.39 is 11.7 Å². The lowest BCUT2D eigenvalue weighted by Gasteiger charge is -2.20. The third-order valence-corrected chi connectivity index (χ3v) is 4.35. The minimum Gasteiger partial charge on any atom is -0.490 e. The van der Waals surface area contributed by atoms with E-state index in [9.17, 15) is 13.2 Å². The van der Waals surface area contributed by atoms with Gasteiger partial charge in [0.2, 0.25) is 0 Å². The fourth-order valence-corrected chi connectivity index (χ4v) is 3.53. The van der Waals surface area contributed by atoms with Crippen molar-refractivity contribution < 1.29 is 17.9 Å². The van der Waals surface area contributed by atoms with Crippen molar-refractivity contribution in [1.29, 1.82) is 0 Å². The molecule has 120 valence electrons. The number of hydrogen-bond acceptors (Lipinski definition) is 2. The van der Waals surface area contributed by atoms with E-state index in [1.54, 1.807) is 0 Å². The van der Waals surface area contributed by atoms with Gasteiger partial charge in [-0.25, -0.2) is 0 Å². The third kappa shape index (κ3) is 2.16. The number of hydrogen-bond donors (Lipinski definition) is 1. The molecule has 1 aromatic heterocycles. The number of benzene rings is 1. The fourth-order valence-electron chi connectivity index (χ4n) is 3.53. The lowest BCUT2D eigenvalue weighted by atomic mass is 10.0. The summed E-state index contributed by atoms with van der Waals surface area (Å²) >= 11 is 0. The third-order valence-electron chi connectivity index (χ3n) is 4.35. The predicted molar refractivity (Wildman–Crippen MR) is 80.0 cm³/mol. The quantitative estimate of drug-likeness (QED) is 0.802. The van der Waals surface area contributed by atoms with E-state index in [2.05, 4.69) is 5.32 Å². The Kier molecular flexibility index (Phi) is 3.77. The van der Waals surface area contributed by atoms with Crippen LogP contribution in [-0.4, -0.2) is 24.3 Å². The van der Waals surface area contributed by atoms with E-state index in [-0.39, 0.29) is 12.4 Å². The number of ether oxygens (including phenoxy) is 1. The molecule has 4 rings (SSSR count). The van der Waals surface area contributed by atoms with Gasteiger partial charge in [-0.3, -0.25) is 0 Å². The molecule has 22 heavy (non-hydrogen) atoms. The Balaban J connectivity index is 0.00000144. The summed E-state index contributed by atoms with van der Waals surface area (Å²) in [5, 5.41) is 3.61. The van der Waals surface area contributed by atoms with Crippen molar-refractivity contribution in [3.05, 3.63) is 29.0 Å². The molecule has 0 saturated carbocycles. The van der Waals surface area contributed by atoms with Crippen LogP contribution in [0.1, 0.15) is 16.8 Å². The zero-order valence-corrected chi connectivity index (χ0v) is 12.6. The smallest absolute Gasteiger partial charge is 0.417 e. The van der Waals surface area contributed by atoms with Gasteiger partial charge in [0.1, 0.15) is 12.4 Å². The summed E-state index contributed by atoms with van der Waals surface area (Å²) in [6.45, 7) is 2.66. The van der Waals surface area contributed by atoms with Crippen LogP contribution in [0, 0.1) is 0 Å². The second kappa shape index (κ2) is 5.35. The van der Waals surface area contributed by atoms with Crippen molar-refractivity contribution in [2.75, 3.05) is 19.7 Å². The number of nitrogens with zero attached hydrogens (tertiary/aromatic N) is 1. The molecule has 0 atom stereocenters. The van der Waals surface area contributed by atoms with Crippen LogP contribution in [0.4, 0.5) is 13.2 Å². The van der Waals surface area contributed by atoms with Gasteiger partial charge in [0.05, 0.1) is 17.6 Å². The minimum atomic E-state index is -4.34. The number of rotatable bonds is 0. The maximum atomic E-state index is 13.4. The van der Waals surface area contributed by atoms with Gasteiger partial charge in [-0.05, 0) is 30.7 Å². The topological polar surface area (TPSA) is 26.2 Å². The number of aromatic nitrogens is 1. The summed E-state index contributed by atoms with van der Waals surface area (Å²) < 4.78 is 47.8. The molecular formula is C15H16ClF3N2O. The van der Waals surface area contributed by atoms with E-state index in [1.165, 1.54) is 6.07 Å². The van der Waals surface area contributed by atoms with E-state index in [0.29, 0.717) is 42.8 Å². The average Bonchev–Trinajstić information content (AvgIpc) is 2.63. The highest BCUT2D eigenvalue weighted by molar-refractivity contribution is 5.94. The molecule has 2 aromatic rings. The van der Waals surface area contributed by atoms with Crippen molar-refractivity contribution in [3.8, 4) is 5.75 Å². The Morgan fingerprint density at radius 1 is 1.14 bits per heavy atom. The molecule has 7 heteroatoms. The van der Waals surface area contributed by atoms with Crippen LogP contribution in [0.2, 0.25) is 0 Å². The maximum Gasteiger partial charge on any atom is 0.417 e. The largest absolute Gasteiger partial charge is 0.490 e. The minimum absolute atomic E-state index is 0. The van der Waals surface area contributed by atoms with Gasteiger partial charge in [0, 0.05) is 24.0 Å². The van der Waals surface area contributed by atoms with E-state index >= 15 is 0 Å². The van der Waals surface area contributed by atoms with E-state index in [4.69, 9.17) is 4.74 Å². The maximum absolute atomic E-state index is 13.4. The molecule has 1 N–H and O–H groups in total. The standard InChI is InChI=1S/C15H15F3N2O.ClH/c16-15(17,18)10-1-2-12-14-13(10)9-3-5-19-6-4-11(9)20(14)7-8-21-12;/h1-2,19H,3-8H2;1H. The first-order valence-electron chi connectivity index (χ1n) is 7.15. The normalized spacial score (nSPS) is 17.4. The van der Waals surface area contributed by atoms with Crippen LogP contribution in [-0.2, 0) is 25.6 Å². The number of alkyl halides is 3. The molecule has 0 spiro atoms. The van der Waals surface area contributed by atoms with E-state index in [0.717, 1.165) is 30.3 Å². The highest BCUT2D eigenvalue weighted by Gasteiger charge is 2.37. The first-order chi connectivity index (χ1) is 10.1. The summed E-state index contributed by atoms with van der Waals surface area (Å²) in [6, 6.07) is 2.62. The Hall–Kier alpha value is -1.40. The average molecular weight is 333 g/mol. The summed E-state index contributed by atoms with van der Waals surface area (Å²) in [6.07, 6.45) is -2.94. The predicted octanol–water partition coefficient (Wildman–Crippen LogP) is 3.16. The van der Waals surface area contributed by atoms with Crippen LogP contribution < -0.4 is 10.1 Å². The molecule has 0 radical (unpaired) electrons. The van der Waals surface area contributed by atoms with Crippen LogP contribution >= 0.6 is 12.4 Å². The molecule has 0 fully saturated rings. The molecule has 0 aliphatic carbocycles. The monoisotopic (exact) mass is 332 g/mol. The van der Waals surface area contributed by atoms with Gasteiger partial charge in [0.25, 0.3) is 0 Å². The molecule has 0 unspecified atom stereocenters. The lowest BCUT2D eigenvalue weighted by molar-refractivity contribution is -0.136. The van der Waals surface area contributed by atoms with Crippen LogP contribution in [0.15, 0.2) is 12.1 Å². The Morgan fingerprint density at radius 2 is 1.91 bits per heavy atom. The second-order valence-corrected chi connectivity index (χ2v) is 5.51. The fraction of sp³-hybridized carbons (Fsp3) is 0.467. The number of fused-ring (bicyclic) bond motifs is 3. The van der Waals surface area contributed by atoms with Crippen LogP contribution in [0.25, 0.3) is 10.9 Å². The van der Waals surface area contributed by atoms with Gasteiger partial charge >= 0.3 is 6.18 Å². The Morgan fingerprint density at radius 3 is 2.68 bits per heavy atom. The summed E-state index contributed by atoms with van der Waals surface area (Å²) in [5.41, 5.74) is 1.97. The molecule has 2 aliphatic rings. The summed E-state index contributed by atoms with van der Waals surface area (Å²) in [4.78, 5) is 0. The summed E-state index contributed by atoms with van der Waals surface area (Å²) in [5.74, 6) is 0.574. The zero-order chi connectivity index (χ0) is 14.6. The van der Waals surface area contributed by atoms with Gasteiger partial charge in [0.15, 0.2) is 0 Å². The Labute approximate surface area is 131 Å². The highest BCUT2D eigenvalue weighted by Crippen LogP contribution is 2.43.